The third kappa shape index (κ3) is 5.00. The van der Waals surface area contributed by atoms with Gasteiger partial charge in [-0.15, -0.1) is 0 Å². The summed E-state index contributed by atoms with van der Waals surface area (Å²) in [7, 11) is 5.93. The molecule has 0 aromatic heterocycles. The Morgan fingerprint density at radius 3 is 1.30 bits per heavy atom. The van der Waals surface area contributed by atoms with Gasteiger partial charge in [-0.3, -0.25) is 0 Å². The highest BCUT2D eigenvalue weighted by Gasteiger charge is 2.20. The normalized spacial score (nSPS) is 14.9. The summed E-state index contributed by atoms with van der Waals surface area (Å²) >= 11 is 0. The lowest BCUT2D eigenvalue weighted by molar-refractivity contribution is 0.756. The molecular weight excluding hydrogens is 449 g/mol. The van der Waals surface area contributed by atoms with Gasteiger partial charge in [-0.25, -0.2) is 9.98 Å². The third-order valence-corrected chi connectivity index (χ3v) is 6.51. The average molecular weight is 473 g/mol. The highest BCUT2D eigenvalue weighted by Crippen LogP contribution is 2.28. The van der Waals surface area contributed by atoms with Crippen molar-refractivity contribution < 1.29 is 0 Å². The second kappa shape index (κ2) is 10.1. The van der Waals surface area contributed by atoms with E-state index < -0.39 is 0 Å². The van der Waals surface area contributed by atoms with Crippen LogP contribution in [-0.4, -0.2) is 19.5 Å². The SMILES string of the molecule is [B]c1ccc(C2=NC(c3ccc(-c4ccccc4)cc3)N=C(c3ccc(-c4ccccc4)cc3)N2)cc1. The van der Waals surface area contributed by atoms with Gasteiger partial charge in [0.2, 0.25) is 0 Å². The Bertz CT molecular complexity index is 1560. The summed E-state index contributed by atoms with van der Waals surface area (Å²) in [5, 5.41) is 3.46. The van der Waals surface area contributed by atoms with Crippen LogP contribution in [0.1, 0.15) is 22.9 Å². The van der Waals surface area contributed by atoms with Crippen LogP contribution in [0.25, 0.3) is 22.3 Å². The van der Waals surface area contributed by atoms with E-state index in [0.29, 0.717) is 0 Å². The monoisotopic (exact) mass is 473 g/mol. The molecular formula is C33H24BN3. The summed E-state index contributed by atoms with van der Waals surface area (Å²) in [5.74, 6) is 1.56. The molecule has 0 aliphatic carbocycles. The molecule has 5 aromatic carbocycles. The molecule has 2 radical (unpaired) electrons. The molecule has 1 heterocycles. The summed E-state index contributed by atoms with van der Waals surface area (Å²) < 4.78 is 0. The first kappa shape index (κ1) is 22.7. The third-order valence-electron chi connectivity index (χ3n) is 6.51. The largest absolute Gasteiger partial charge is 0.324 e. The van der Waals surface area contributed by atoms with Gasteiger partial charge in [0.15, 0.2) is 6.17 Å². The standard InChI is InChI=1S/C33H24BN3/c34-30-21-19-29(20-22-30)33-36-31(27-15-11-25(12-16-27)23-7-3-1-4-8-23)35-32(37-33)28-17-13-26(14-18-28)24-9-5-2-6-10-24/h1-22,31H,(H,35,36,37). The number of hydrogen-bond donors (Lipinski definition) is 1. The number of nitrogens with one attached hydrogen (secondary N) is 1. The molecule has 0 fully saturated rings. The first-order valence-electron chi connectivity index (χ1n) is 12.3. The van der Waals surface area contributed by atoms with Crippen molar-refractivity contribution in [2.45, 2.75) is 6.17 Å². The van der Waals surface area contributed by atoms with Gasteiger partial charge in [-0.2, -0.15) is 0 Å². The molecule has 5 aromatic rings. The van der Waals surface area contributed by atoms with Crippen molar-refractivity contribution in [2.24, 2.45) is 9.98 Å². The smallest absolute Gasteiger partial charge is 0.169 e. The minimum Gasteiger partial charge on any atom is -0.324 e. The lowest BCUT2D eigenvalue weighted by Crippen LogP contribution is -2.36. The lowest BCUT2D eigenvalue weighted by atomic mass is 9.95. The lowest BCUT2D eigenvalue weighted by Gasteiger charge is -2.22. The Hall–Kier alpha value is -4.70. The number of hydrogen-bond acceptors (Lipinski definition) is 3. The summed E-state index contributed by atoms with van der Waals surface area (Å²) in [5.41, 5.74) is 8.44. The molecule has 1 atom stereocenters. The molecule has 0 saturated carbocycles. The molecule has 37 heavy (non-hydrogen) atoms. The van der Waals surface area contributed by atoms with E-state index in [0.717, 1.165) is 33.8 Å². The number of nitrogens with zero attached hydrogens (tertiary/aromatic N) is 2. The molecule has 6 rings (SSSR count). The van der Waals surface area contributed by atoms with Crippen LogP contribution in [0.5, 0.6) is 0 Å². The van der Waals surface area contributed by atoms with E-state index in [1.165, 1.54) is 22.3 Å². The number of amidine groups is 2. The van der Waals surface area contributed by atoms with Crippen molar-refractivity contribution in [3.8, 4) is 22.3 Å². The van der Waals surface area contributed by atoms with E-state index >= 15 is 0 Å². The zero-order valence-electron chi connectivity index (χ0n) is 20.3. The van der Waals surface area contributed by atoms with Gasteiger partial charge in [0.1, 0.15) is 19.5 Å². The van der Waals surface area contributed by atoms with Crippen LogP contribution in [0.2, 0.25) is 0 Å². The summed E-state index contributed by atoms with van der Waals surface area (Å²) in [6.07, 6.45) is -0.359. The quantitative estimate of drug-likeness (QED) is 0.299. The first-order chi connectivity index (χ1) is 18.2. The van der Waals surface area contributed by atoms with Crippen LogP contribution in [-0.2, 0) is 0 Å². The zero-order chi connectivity index (χ0) is 25.0. The highest BCUT2D eigenvalue weighted by atomic mass is 15.2. The highest BCUT2D eigenvalue weighted by molar-refractivity contribution is 6.32. The van der Waals surface area contributed by atoms with E-state index in [2.05, 4.69) is 102 Å². The van der Waals surface area contributed by atoms with Crippen LogP contribution >= 0.6 is 0 Å². The zero-order valence-corrected chi connectivity index (χ0v) is 20.3. The molecule has 1 N–H and O–H groups in total. The van der Waals surface area contributed by atoms with Crippen LogP contribution in [0, 0.1) is 0 Å². The van der Waals surface area contributed by atoms with Crippen molar-refractivity contribution in [1.82, 2.24) is 5.32 Å². The Kier molecular flexibility index (Phi) is 6.22. The predicted molar refractivity (Wildman–Crippen MR) is 155 cm³/mol. The van der Waals surface area contributed by atoms with Crippen LogP contribution in [0.3, 0.4) is 0 Å². The van der Waals surface area contributed by atoms with Crippen LogP contribution < -0.4 is 10.8 Å². The molecule has 4 heteroatoms. The maximum absolute atomic E-state index is 5.93. The van der Waals surface area contributed by atoms with Gasteiger partial charge >= 0.3 is 0 Å². The summed E-state index contributed by atoms with van der Waals surface area (Å²) in [6.45, 7) is 0. The van der Waals surface area contributed by atoms with Gasteiger partial charge in [0, 0.05) is 11.1 Å². The fourth-order valence-electron chi connectivity index (χ4n) is 4.46. The van der Waals surface area contributed by atoms with Crippen molar-refractivity contribution in [3.63, 3.8) is 0 Å². The number of benzene rings is 5. The molecule has 3 nitrogen and oxygen atoms in total. The Morgan fingerprint density at radius 2 is 0.811 bits per heavy atom. The van der Waals surface area contributed by atoms with E-state index in [1.54, 1.807) is 0 Å². The molecule has 1 aliphatic heterocycles. The topological polar surface area (TPSA) is 36.8 Å². The number of rotatable bonds is 5. The van der Waals surface area contributed by atoms with E-state index in [4.69, 9.17) is 17.8 Å². The predicted octanol–water partition coefficient (Wildman–Crippen LogP) is 6.31. The molecule has 0 amide bonds. The van der Waals surface area contributed by atoms with Crippen molar-refractivity contribution in [1.29, 1.82) is 0 Å². The van der Waals surface area contributed by atoms with E-state index in [-0.39, 0.29) is 6.17 Å². The van der Waals surface area contributed by atoms with Crippen molar-refractivity contribution in [2.75, 3.05) is 0 Å². The maximum Gasteiger partial charge on any atom is 0.169 e. The average Bonchev–Trinajstić information content (AvgIpc) is 2.98. The second-order valence-electron chi connectivity index (χ2n) is 9.01. The molecule has 0 spiro atoms. The maximum atomic E-state index is 5.93. The van der Waals surface area contributed by atoms with Gasteiger partial charge in [0.25, 0.3) is 0 Å². The first-order valence-corrected chi connectivity index (χ1v) is 12.3. The van der Waals surface area contributed by atoms with Crippen molar-refractivity contribution >= 4 is 25.0 Å². The fourth-order valence-corrected chi connectivity index (χ4v) is 4.46. The molecule has 0 saturated heterocycles. The molecule has 1 unspecified atom stereocenters. The number of aliphatic imine (C=N–C) groups is 2. The Labute approximate surface area is 218 Å². The van der Waals surface area contributed by atoms with Crippen molar-refractivity contribution in [3.05, 3.63) is 150 Å². The second-order valence-corrected chi connectivity index (χ2v) is 9.01. The molecule has 174 valence electrons. The van der Waals surface area contributed by atoms with Crippen LogP contribution in [0.15, 0.2) is 143 Å². The summed E-state index contributed by atoms with van der Waals surface area (Å²) in [6, 6.07) is 45.5. The van der Waals surface area contributed by atoms with Gasteiger partial charge < -0.3 is 5.32 Å². The van der Waals surface area contributed by atoms with Crippen LogP contribution in [0.4, 0.5) is 0 Å². The Balaban J connectivity index is 1.35. The fraction of sp³-hybridized carbons (Fsp3) is 0.0303. The molecule has 1 aliphatic rings. The van der Waals surface area contributed by atoms with E-state index in [1.807, 2.05) is 36.4 Å². The summed E-state index contributed by atoms with van der Waals surface area (Å²) in [4.78, 5) is 9.99. The Morgan fingerprint density at radius 1 is 0.432 bits per heavy atom. The van der Waals surface area contributed by atoms with Gasteiger partial charge in [-0.05, 0) is 27.8 Å². The van der Waals surface area contributed by atoms with Gasteiger partial charge in [-0.1, -0.05) is 139 Å². The van der Waals surface area contributed by atoms with Gasteiger partial charge in [0.05, 0.1) is 0 Å². The molecule has 0 bridgehead atoms. The minimum absolute atomic E-state index is 0.359. The van der Waals surface area contributed by atoms with E-state index in [9.17, 15) is 0 Å². The minimum atomic E-state index is -0.359.